The Hall–Kier alpha value is -3.04. The predicted molar refractivity (Wildman–Crippen MR) is 134 cm³/mol. The van der Waals surface area contributed by atoms with Crippen LogP contribution in [0.15, 0.2) is 71.9 Å². The summed E-state index contributed by atoms with van der Waals surface area (Å²) in [6.45, 7) is 11.0. The Bertz CT molecular complexity index is 1080. The van der Waals surface area contributed by atoms with Crippen LogP contribution in [0, 0.1) is 10.1 Å². The molecule has 1 aromatic rings. The number of dihydropyridines is 1. The quantitative estimate of drug-likeness (QED) is 0.136. The van der Waals surface area contributed by atoms with Crippen LogP contribution in [0.3, 0.4) is 0 Å². The van der Waals surface area contributed by atoms with Gasteiger partial charge in [0.2, 0.25) is 0 Å². The summed E-state index contributed by atoms with van der Waals surface area (Å²) in [6.07, 6.45) is 2.85. The van der Waals surface area contributed by atoms with Crippen LogP contribution in [-0.2, 0) is 23.1 Å². The number of nitrogens with zero attached hydrogens (tertiary/aromatic N) is 2. The number of likely N-dealkylation sites (N-methyl/N-ethyl adjacent to an activating group) is 1. The maximum Gasteiger partial charge on any atom is 0.360 e. The fourth-order valence-electron chi connectivity index (χ4n) is 3.64. The van der Waals surface area contributed by atoms with Crippen LogP contribution in [0.5, 0.6) is 0 Å². The van der Waals surface area contributed by atoms with Gasteiger partial charge in [0, 0.05) is 30.1 Å². The van der Waals surface area contributed by atoms with Gasteiger partial charge in [-0.15, -0.1) is 13.2 Å². The summed E-state index contributed by atoms with van der Waals surface area (Å²) < 4.78 is 30.9. The molecule has 0 saturated carbocycles. The maximum atomic E-state index is 14.1. The zero-order valence-corrected chi connectivity index (χ0v) is 21.4. The van der Waals surface area contributed by atoms with Gasteiger partial charge >= 0.3 is 13.6 Å². The molecule has 1 atom stereocenters. The average molecular weight is 506 g/mol. The van der Waals surface area contributed by atoms with E-state index in [1.54, 1.807) is 19.9 Å². The molecule has 1 aliphatic rings. The number of esters is 1. The minimum Gasteiger partial charge on any atom is -0.461 e. The van der Waals surface area contributed by atoms with Crippen LogP contribution in [0.4, 0.5) is 5.69 Å². The molecular weight excluding hydrogens is 473 g/mol. The molecule has 0 fully saturated rings. The van der Waals surface area contributed by atoms with E-state index in [9.17, 15) is 19.5 Å². The summed E-state index contributed by atoms with van der Waals surface area (Å²) in [4.78, 5) is 26.1. The number of carbonyl (C=O) groups is 1. The van der Waals surface area contributed by atoms with Crippen LogP contribution in [0.2, 0.25) is 0 Å². The Morgan fingerprint density at radius 2 is 1.83 bits per heavy atom. The van der Waals surface area contributed by atoms with Crippen LogP contribution in [0.25, 0.3) is 0 Å². The fraction of sp³-hybridized carbons (Fsp3) is 0.375. The van der Waals surface area contributed by atoms with Gasteiger partial charge in [0.15, 0.2) is 0 Å². The molecule has 1 aromatic carbocycles. The van der Waals surface area contributed by atoms with E-state index in [-0.39, 0.29) is 36.4 Å². The number of nitrogens with one attached hydrogen (secondary N) is 1. The van der Waals surface area contributed by atoms with Gasteiger partial charge < -0.3 is 24.0 Å². The molecule has 0 bridgehead atoms. The lowest BCUT2D eigenvalue weighted by atomic mass is 9.86. The van der Waals surface area contributed by atoms with Crippen molar-refractivity contribution in [3.8, 4) is 0 Å². The molecule has 10 nitrogen and oxygen atoms in total. The molecule has 0 amide bonds. The number of benzene rings is 1. The molecule has 0 saturated heterocycles. The third-order valence-corrected chi connectivity index (χ3v) is 7.31. The number of hydrogen-bond acceptors (Lipinski definition) is 9. The third-order valence-electron chi connectivity index (χ3n) is 5.15. The lowest BCUT2D eigenvalue weighted by Crippen LogP contribution is -2.30. The molecule has 0 aromatic heterocycles. The first-order chi connectivity index (χ1) is 16.6. The number of non-ortho nitro benzene ring substituents is 1. The molecule has 11 heteroatoms. The van der Waals surface area contributed by atoms with Crippen molar-refractivity contribution in [2.24, 2.45) is 0 Å². The van der Waals surface area contributed by atoms with Gasteiger partial charge in [-0.25, -0.2) is 4.79 Å². The van der Waals surface area contributed by atoms with Gasteiger partial charge in [-0.2, -0.15) is 0 Å². The maximum absolute atomic E-state index is 14.1. The predicted octanol–water partition coefficient (Wildman–Crippen LogP) is 4.49. The zero-order valence-electron chi connectivity index (χ0n) is 20.5. The number of carbonyl (C=O) groups excluding carboxylic acids is 1. The highest BCUT2D eigenvalue weighted by Gasteiger charge is 2.45. The molecular formula is C24H32N3O7P. The summed E-state index contributed by atoms with van der Waals surface area (Å²) in [6, 6.07) is 5.82. The first kappa shape index (κ1) is 28.2. The molecule has 0 aliphatic carbocycles. The van der Waals surface area contributed by atoms with Gasteiger partial charge in [-0.05, 0) is 33.5 Å². The zero-order chi connectivity index (χ0) is 26.2. The first-order valence-electron chi connectivity index (χ1n) is 10.9. The third kappa shape index (κ3) is 6.99. The molecule has 0 radical (unpaired) electrons. The number of nitro benzene ring substituents is 1. The van der Waals surface area contributed by atoms with Crippen molar-refractivity contribution >= 4 is 19.3 Å². The van der Waals surface area contributed by atoms with Gasteiger partial charge in [-0.3, -0.25) is 14.7 Å². The summed E-state index contributed by atoms with van der Waals surface area (Å²) in [7, 11) is -0.339. The van der Waals surface area contributed by atoms with Crippen LogP contribution >= 0.6 is 7.60 Å². The second-order valence-corrected chi connectivity index (χ2v) is 10.1. The van der Waals surface area contributed by atoms with Crippen molar-refractivity contribution in [3.05, 3.63) is 87.5 Å². The molecule has 2 rings (SSSR count). The Morgan fingerprint density at radius 3 is 2.37 bits per heavy atom. The lowest BCUT2D eigenvalue weighted by Gasteiger charge is -2.34. The van der Waals surface area contributed by atoms with E-state index in [1.165, 1.54) is 30.4 Å². The van der Waals surface area contributed by atoms with E-state index in [2.05, 4.69) is 18.5 Å². The van der Waals surface area contributed by atoms with Gasteiger partial charge in [0.1, 0.15) is 6.61 Å². The summed E-state index contributed by atoms with van der Waals surface area (Å²) in [5.41, 5.74) is 1.27. The molecule has 1 heterocycles. The molecule has 1 aliphatic heterocycles. The van der Waals surface area contributed by atoms with Crippen molar-refractivity contribution in [1.29, 1.82) is 0 Å². The van der Waals surface area contributed by atoms with Crippen molar-refractivity contribution in [3.63, 3.8) is 0 Å². The van der Waals surface area contributed by atoms with Crippen molar-refractivity contribution in [1.82, 2.24) is 10.2 Å². The van der Waals surface area contributed by atoms with E-state index >= 15 is 0 Å². The molecule has 190 valence electrons. The molecule has 1 unspecified atom stereocenters. The number of hydrogen-bond donors (Lipinski definition) is 1. The largest absolute Gasteiger partial charge is 0.461 e. The second-order valence-electron chi connectivity index (χ2n) is 8.06. The smallest absolute Gasteiger partial charge is 0.360 e. The molecule has 0 spiro atoms. The number of ether oxygens (including phenoxy) is 1. The Kier molecular flexibility index (Phi) is 10.2. The first-order valence-corrected chi connectivity index (χ1v) is 12.5. The number of nitro groups is 1. The highest BCUT2D eigenvalue weighted by Crippen LogP contribution is 2.64. The Labute approximate surface area is 205 Å². The van der Waals surface area contributed by atoms with Crippen LogP contribution in [0.1, 0.15) is 25.3 Å². The van der Waals surface area contributed by atoms with Crippen LogP contribution < -0.4 is 5.32 Å². The monoisotopic (exact) mass is 505 g/mol. The fourth-order valence-corrected chi connectivity index (χ4v) is 5.65. The van der Waals surface area contributed by atoms with E-state index < -0.39 is 24.4 Å². The normalized spacial score (nSPS) is 16.2. The topological polar surface area (TPSA) is 120 Å². The lowest BCUT2D eigenvalue weighted by molar-refractivity contribution is -0.384. The van der Waals surface area contributed by atoms with E-state index in [1.807, 2.05) is 19.0 Å². The highest BCUT2D eigenvalue weighted by molar-refractivity contribution is 7.58. The van der Waals surface area contributed by atoms with Crippen molar-refractivity contribution in [2.75, 3.05) is 40.5 Å². The number of allylic oxidation sites excluding steroid dienone is 3. The standard InChI is InChI=1S/C24H32N3O7P/c1-7-13-33-35(31,34-14-8-2)23-18(4)25-17(3)21(24(28)32-15-12-26(5)6)22(23)19-10-9-11-20(16-19)27(29)30/h7-11,16,22,25H,1-2,12-15H2,3-6H3. The summed E-state index contributed by atoms with van der Waals surface area (Å²) in [5.74, 6) is -1.62. The van der Waals surface area contributed by atoms with E-state index in [4.69, 9.17) is 13.8 Å². The minimum atomic E-state index is -4.03. The average Bonchev–Trinajstić information content (AvgIpc) is 2.80. The van der Waals surface area contributed by atoms with E-state index in [0.717, 1.165) is 0 Å². The Balaban J connectivity index is 2.71. The Morgan fingerprint density at radius 1 is 1.20 bits per heavy atom. The van der Waals surface area contributed by atoms with Gasteiger partial charge in [0.25, 0.3) is 5.69 Å². The summed E-state index contributed by atoms with van der Waals surface area (Å²) >= 11 is 0. The highest BCUT2D eigenvalue weighted by atomic mass is 31.2. The molecule has 1 N–H and O–H groups in total. The van der Waals surface area contributed by atoms with Gasteiger partial charge in [-0.1, -0.05) is 24.3 Å². The minimum absolute atomic E-state index is 0.0851. The van der Waals surface area contributed by atoms with Crippen molar-refractivity contribution < 1.29 is 28.1 Å². The summed E-state index contributed by atoms with van der Waals surface area (Å²) in [5, 5.41) is 14.7. The SMILES string of the molecule is C=CCOP(=O)(OCC=C)C1=C(C)NC(C)=C(C(=O)OCCN(C)C)C1c1cccc([N+](=O)[O-])c1. The molecule has 35 heavy (non-hydrogen) atoms. The van der Waals surface area contributed by atoms with E-state index in [0.29, 0.717) is 23.5 Å². The van der Waals surface area contributed by atoms with Crippen molar-refractivity contribution in [2.45, 2.75) is 19.8 Å². The van der Waals surface area contributed by atoms with Crippen LogP contribution in [-0.4, -0.2) is 56.3 Å². The van der Waals surface area contributed by atoms with Gasteiger partial charge in [0.05, 0.1) is 34.9 Å². The second kappa shape index (κ2) is 12.6. The number of rotatable bonds is 13.